The largest absolute Gasteiger partial charge is 0.368 e. The molecule has 21 heavy (non-hydrogen) atoms. The van der Waals surface area contributed by atoms with Crippen molar-refractivity contribution in [1.82, 2.24) is 9.97 Å². The molecule has 0 unspecified atom stereocenters. The van der Waals surface area contributed by atoms with E-state index in [0.717, 1.165) is 5.56 Å². The van der Waals surface area contributed by atoms with Gasteiger partial charge in [-0.05, 0) is 11.8 Å². The fourth-order valence-electron chi connectivity index (χ4n) is 1.66. The molecular weight excluding hydrogens is 300 g/mol. The normalized spacial score (nSPS) is 10.7. The number of hydrogen-bond donors (Lipinski definition) is 1. The molecule has 2 N–H and O–H groups in total. The Morgan fingerprint density at radius 2 is 1.95 bits per heavy atom. The minimum Gasteiger partial charge on any atom is -0.368 e. The molecule has 0 fully saturated rings. The number of nitrogens with two attached hydrogens (primary N) is 1. The Bertz CT molecular complexity index is 678. The first-order valence-corrected chi connectivity index (χ1v) is 8.41. The standard InChI is InChI=1S/C15H14N4S2/c1-20-13-12(10-16)14(19-15(17)18-13)21-9-5-8-11-6-3-2-4-7-11/h2-8H,9H2,1H3,(H2,17,18,19). The van der Waals surface area contributed by atoms with Crippen LogP contribution in [0.25, 0.3) is 6.08 Å². The summed E-state index contributed by atoms with van der Waals surface area (Å²) < 4.78 is 0. The second kappa shape index (κ2) is 7.72. The molecule has 2 aromatic rings. The average Bonchev–Trinajstić information content (AvgIpc) is 2.52. The monoisotopic (exact) mass is 314 g/mol. The molecule has 0 amide bonds. The predicted molar refractivity (Wildman–Crippen MR) is 89.1 cm³/mol. The van der Waals surface area contributed by atoms with Gasteiger partial charge in [0, 0.05) is 5.75 Å². The molecule has 0 spiro atoms. The lowest BCUT2D eigenvalue weighted by molar-refractivity contribution is 0.962. The number of rotatable bonds is 5. The second-order valence-electron chi connectivity index (χ2n) is 4.01. The van der Waals surface area contributed by atoms with Crippen molar-refractivity contribution in [2.24, 2.45) is 0 Å². The van der Waals surface area contributed by atoms with Crippen molar-refractivity contribution in [3.63, 3.8) is 0 Å². The highest BCUT2D eigenvalue weighted by Gasteiger charge is 2.12. The zero-order chi connectivity index (χ0) is 15.1. The van der Waals surface area contributed by atoms with Gasteiger partial charge in [0.2, 0.25) is 5.95 Å². The van der Waals surface area contributed by atoms with Gasteiger partial charge in [-0.2, -0.15) is 5.26 Å². The van der Waals surface area contributed by atoms with Crippen LogP contribution in [-0.2, 0) is 0 Å². The zero-order valence-electron chi connectivity index (χ0n) is 11.5. The van der Waals surface area contributed by atoms with E-state index in [4.69, 9.17) is 5.73 Å². The van der Waals surface area contributed by atoms with Crippen molar-refractivity contribution in [2.45, 2.75) is 10.1 Å². The van der Waals surface area contributed by atoms with Gasteiger partial charge in [0.25, 0.3) is 0 Å². The molecular formula is C15H14N4S2. The quantitative estimate of drug-likeness (QED) is 0.673. The second-order valence-corrected chi connectivity index (χ2v) is 5.81. The van der Waals surface area contributed by atoms with Crippen molar-refractivity contribution in [2.75, 3.05) is 17.7 Å². The van der Waals surface area contributed by atoms with Gasteiger partial charge in [-0.15, -0.1) is 23.5 Å². The van der Waals surface area contributed by atoms with Crippen LogP contribution in [0.15, 0.2) is 46.5 Å². The molecule has 4 nitrogen and oxygen atoms in total. The first kappa shape index (κ1) is 15.4. The summed E-state index contributed by atoms with van der Waals surface area (Å²) in [5.74, 6) is 0.918. The smallest absolute Gasteiger partial charge is 0.222 e. The first-order valence-electron chi connectivity index (χ1n) is 6.20. The van der Waals surface area contributed by atoms with Crippen molar-refractivity contribution < 1.29 is 0 Å². The van der Waals surface area contributed by atoms with E-state index in [2.05, 4.69) is 16.0 Å². The third-order valence-corrected chi connectivity index (χ3v) is 4.20. The number of nitrogen functional groups attached to an aromatic ring is 1. The van der Waals surface area contributed by atoms with Crippen LogP contribution in [0.5, 0.6) is 0 Å². The summed E-state index contributed by atoms with van der Waals surface area (Å²) in [6, 6.07) is 12.2. The molecule has 1 heterocycles. The maximum atomic E-state index is 9.24. The number of benzene rings is 1. The highest BCUT2D eigenvalue weighted by Crippen LogP contribution is 2.27. The molecule has 0 aliphatic rings. The number of nitriles is 1. The van der Waals surface area contributed by atoms with E-state index in [1.54, 1.807) is 0 Å². The van der Waals surface area contributed by atoms with Crippen LogP contribution in [-0.4, -0.2) is 22.0 Å². The lowest BCUT2D eigenvalue weighted by atomic mass is 10.2. The molecule has 6 heteroatoms. The third kappa shape index (κ3) is 4.25. The molecule has 1 aromatic heterocycles. The van der Waals surface area contributed by atoms with Crippen LogP contribution in [0, 0.1) is 11.3 Å². The number of nitrogens with zero attached hydrogens (tertiary/aromatic N) is 3. The van der Waals surface area contributed by atoms with Crippen molar-refractivity contribution in [3.05, 3.63) is 47.5 Å². The van der Waals surface area contributed by atoms with Crippen LogP contribution in [0.4, 0.5) is 5.95 Å². The fourth-order valence-corrected chi connectivity index (χ4v) is 3.05. The van der Waals surface area contributed by atoms with Crippen molar-refractivity contribution >= 4 is 35.5 Å². The van der Waals surface area contributed by atoms with Gasteiger partial charge >= 0.3 is 0 Å². The van der Waals surface area contributed by atoms with Crippen LogP contribution in [0.2, 0.25) is 0 Å². The SMILES string of the molecule is CSc1nc(N)nc(SCC=Cc2ccccc2)c1C#N. The van der Waals surface area contributed by atoms with Crippen LogP contribution in [0.1, 0.15) is 11.1 Å². The Balaban J connectivity index is 2.08. The van der Waals surface area contributed by atoms with E-state index in [0.29, 0.717) is 21.4 Å². The first-order chi connectivity index (χ1) is 10.2. The van der Waals surface area contributed by atoms with E-state index < -0.39 is 0 Å². The number of aromatic nitrogens is 2. The van der Waals surface area contributed by atoms with Gasteiger partial charge in [-0.25, -0.2) is 9.97 Å². The Morgan fingerprint density at radius 3 is 2.62 bits per heavy atom. The Labute approximate surface area is 132 Å². The Morgan fingerprint density at radius 1 is 1.24 bits per heavy atom. The average molecular weight is 314 g/mol. The van der Waals surface area contributed by atoms with Crippen LogP contribution >= 0.6 is 23.5 Å². The van der Waals surface area contributed by atoms with Gasteiger partial charge < -0.3 is 5.73 Å². The molecule has 0 bridgehead atoms. The van der Waals surface area contributed by atoms with E-state index in [-0.39, 0.29) is 5.95 Å². The number of hydrogen-bond acceptors (Lipinski definition) is 6. The predicted octanol–water partition coefficient (Wildman–Crippen LogP) is 3.46. The highest BCUT2D eigenvalue weighted by atomic mass is 32.2. The summed E-state index contributed by atoms with van der Waals surface area (Å²) in [5, 5.41) is 10.5. The number of anilines is 1. The molecule has 0 radical (unpaired) electrons. The van der Waals surface area contributed by atoms with Crippen LogP contribution in [0.3, 0.4) is 0 Å². The molecule has 0 aliphatic heterocycles. The van der Waals surface area contributed by atoms with Gasteiger partial charge in [-0.1, -0.05) is 42.5 Å². The van der Waals surface area contributed by atoms with E-state index in [1.165, 1.54) is 23.5 Å². The maximum Gasteiger partial charge on any atom is 0.222 e. The van der Waals surface area contributed by atoms with E-state index in [1.807, 2.05) is 48.7 Å². The highest BCUT2D eigenvalue weighted by molar-refractivity contribution is 7.99. The molecule has 106 valence electrons. The molecule has 0 saturated carbocycles. The zero-order valence-corrected chi connectivity index (χ0v) is 13.1. The van der Waals surface area contributed by atoms with Gasteiger partial charge in [0.1, 0.15) is 21.7 Å². The maximum absolute atomic E-state index is 9.24. The Kier molecular flexibility index (Phi) is 5.67. The topological polar surface area (TPSA) is 75.6 Å². The fraction of sp³-hybridized carbons (Fsp3) is 0.133. The summed E-state index contributed by atoms with van der Waals surface area (Å²) in [7, 11) is 0. The minimum absolute atomic E-state index is 0.202. The Hall–Kier alpha value is -1.97. The van der Waals surface area contributed by atoms with Crippen molar-refractivity contribution in [3.8, 4) is 6.07 Å². The van der Waals surface area contributed by atoms with Crippen LogP contribution < -0.4 is 5.73 Å². The van der Waals surface area contributed by atoms with Gasteiger partial charge in [-0.3, -0.25) is 0 Å². The summed E-state index contributed by atoms with van der Waals surface area (Å²) in [4.78, 5) is 8.23. The molecule has 1 aromatic carbocycles. The molecule has 2 rings (SSSR count). The molecule has 0 saturated heterocycles. The molecule has 0 aliphatic carbocycles. The lowest BCUT2D eigenvalue weighted by Gasteiger charge is -2.05. The van der Waals surface area contributed by atoms with E-state index in [9.17, 15) is 5.26 Å². The summed E-state index contributed by atoms with van der Waals surface area (Å²) in [6.07, 6.45) is 5.95. The van der Waals surface area contributed by atoms with Crippen molar-refractivity contribution in [1.29, 1.82) is 5.26 Å². The summed E-state index contributed by atoms with van der Waals surface area (Å²) in [5.41, 5.74) is 7.32. The summed E-state index contributed by atoms with van der Waals surface area (Å²) in [6.45, 7) is 0. The molecule has 0 atom stereocenters. The van der Waals surface area contributed by atoms with Gasteiger partial charge in [0.15, 0.2) is 0 Å². The van der Waals surface area contributed by atoms with E-state index >= 15 is 0 Å². The minimum atomic E-state index is 0.202. The number of thioether (sulfide) groups is 2. The van der Waals surface area contributed by atoms with Gasteiger partial charge in [0.05, 0.1) is 0 Å². The summed E-state index contributed by atoms with van der Waals surface area (Å²) >= 11 is 2.88. The lowest BCUT2D eigenvalue weighted by Crippen LogP contribution is -2.01. The third-order valence-electron chi connectivity index (χ3n) is 2.59.